The lowest BCUT2D eigenvalue weighted by atomic mass is 9.95. The fraction of sp³-hybridized carbons (Fsp3) is 0.439. The van der Waals surface area contributed by atoms with Gasteiger partial charge in [0.05, 0.1) is 12.4 Å². The molecule has 3 saturated heterocycles. The highest BCUT2D eigenvalue weighted by Crippen LogP contribution is 2.34. The fourth-order valence-corrected chi connectivity index (χ4v) is 8.40. The van der Waals surface area contributed by atoms with E-state index in [0.29, 0.717) is 36.9 Å². The number of piperazine rings is 1. The Labute approximate surface area is 320 Å². The number of hydrogen-bond acceptors (Lipinski definition) is 10. The predicted octanol–water partition coefficient (Wildman–Crippen LogP) is 4.37. The number of nitrogens with two attached hydrogens (primary N) is 1. The second kappa shape index (κ2) is 15.4. The molecular weight excluding hydrogens is 702 g/mol. The van der Waals surface area contributed by atoms with Crippen LogP contribution in [0.3, 0.4) is 0 Å². The maximum atomic E-state index is 13.8. The summed E-state index contributed by atoms with van der Waals surface area (Å²) < 4.78 is 21.9. The number of nitrogens with one attached hydrogen (secondary N) is 1. The van der Waals surface area contributed by atoms with E-state index in [1.165, 1.54) is 12.1 Å². The molecule has 55 heavy (non-hydrogen) atoms. The molecule has 0 radical (unpaired) electrons. The highest BCUT2D eigenvalue weighted by atomic mass is 19.1. The van der Waals surface area contributed by atoms with E-state index in [4.69, 9.17) is 15.6 Å². The van der Waals surface area contributed by atoms with Gasteiger partial charge in [0, 0.05) is 93.6 Å². The van der Waals surface area contributed by atoms with Crippen molar-refractivity contribution in [1.82, 2.24) is 34.8 Å². The van der Waals surface area contributed by atoms with Crippen molar-refractivity contribution < 1.29 is 23.5 Å². The first-order valence-electron chi connectivity index (χ1n) is 19.3. The van der Waals surface area contributed by atoms with Crippen LogP contribution in [0.2, 0.25) is 0 Å². The summed E-state index contributed by atoms with van der Waals surface area (Å²) >= 11 is 0. The van der Waals surface area contributed by atoms with E-state index in [9.17, 15) is 18.8 Å². The number of fused-ring (bicyclic) bond motifs is 1. The average Bonchev–Trinajstić information content (AvgIpc) is 3.71. The number of ether oxygens (including phenoxy) is 1. The van der Waals surface area contributed by atoms with Gasteiger partial charge in [0.1, 0.15) is 18.0 Å². The van der Waals surface area contributed by atoms with Crippen LogP contribution in [0.15, 0.2) is 60.9 Å². The average molecular weight is 750 g/mol. The molecule has 1 unspecified atom stereocenters. The second-order valence-electron chi connectivity index (χ2n) is 15.3. The minimum atomic E-state index is -0.597. The Kier molecular flexibility index (Phi) is 10.3. The van der Waals surface area contributed by atoms with Crippen molar-refractivity contribution in [3.8, 4) is 16.9 Å². The number of hydrogen-bond donors (Lipinski definition) is 2. The van der Waals surface area contributed by atoms with E-state index in [0.717, 1.165) is 92.3 Å². The molecule has 14 heteroatoms. The molecular formula is C41H48FN9O4. The van der Waals surface area contributed by atoms with Gasteiger partial charge in [0.2, 0.25) is 11.8 Å². The third kappa shape index (κ3) is 7.92. The zero-order chi connectivity index (χ0) is 38.2. The van der Waals surface area contributed by atoms with Crippen molar-refractivity contribution in [1.29, 1.82) is 0 Å². The minimum absolute atomic E-state index is 0.134. The van der Waals surface area contributed by atoms with Crippen LogP contribution in [-0.2, 0) is 22.8 Å². The quantitative estimate of drug-likeness (QED) is 0.225. The van der Waals surface area contributed by atoms with Crippen LogP contribution < -0.4 is 20.7 Å². The number of halogens is 1. The number of carbonyl (C=O) groups excluding carboxylic acids is 3. The Hall–Kier alpha value is -5.34. The highest BCUT2D eigenvalue weighted by Gasteiger charge is 2.39. The lowest BCUT2D eigenvalue weighted by molar-refractivity contribution is -0.136. The van der Waals surface area contributed by atoms with Gasteiger partial charge in [-0.2, -0.15) is 5.10 Å². The number of imide groups is 1. The Balaban J connectivity index is 0.801. The van der Waals surface area contributed by atoms with E-state index >= 15 is 0 Å². The molecule has 8 rings (SSSR count). The molecule has 4 aromatic rings. The van der Waals surface area contributed by atoms with Gasteiger partial charge in [-0.25, -0.2) is 9.37 Å². The van der Waals surface area contributed by atoms with Gasteiger partial charge in [-0.05, 0) is 86.6 Å². The lowest BCUT2D eigenvalue weighted by Crippen LogP contribution is -2.52. The maximum absolute atomic E-state index is 13.8. The van der Waals surface area contributed by atoms with Gasteiger partial charge in [-0.3, -0.25) is 29.3 Å². The van der Waals surface area contributed by atoms with Crippen LogP contribution in [0.4, 0.5) is 15.9 Å². The van der Waals surface area contributed by atoms with Gasteiger partial charge < -0.3 is 25.2 Å². The first kappa shape index (κ1) is 36.6. The number of anilines is 2. The lowest BCUT2D eigenvalue weighted by Gasteiger charge is -2.39. The summed E-state index contributed by atoms with van der Waals surface area (Å²) in [6.45, 7) is 12.0. The zero-order valence-electron chi connectivity index (χ0n) is 31.4. The Morgan fingerprint density at radius 2 is 1.75 bits per heavy atom. The molecule has 0 spiro atoms. The molecule has 3 amide bonds. The minimum Gasteiger partial charge on any atom is -0.482 e. The van der Waals surface area contributed by atoms with E-state index < -0.39 is 12.1 Å². The molecule has 13 nitrogen and oxygen atoms in total. The van der Waals surface area contributed by atoms with Crippen molar-refractivity contribution in [3.05, 3.63) is 89.1 Å². The van der Waals surface area contributed by atoms with Gasteiger partial charge in [0.25, 0.3) is 5.91 Å². The van der Waals surface area contributed by atoms with Gasteiger partial charge in [0.15, 0.2) is 11.6 Å². The van der Waals surface area contributed by atoms with E-state index in [1.807, 2.05) is 42.8 Å². The zero-order valence-corrected chi connectivity index (χ0v) is 31.4. The highest BCUT2D eigenvalue weighted by molar-refractivity contribution is 6.05. The number of aryl methyl sites for hydroxylation is 1. The third-order valence-electron chi connectivity index (χ3n) is 11.6. The molecule has 2 atom stereocenters. The Bertz CT molecular complexity index is 2090. The van der Waals surface area contributed by atoms with Crippen molar-refractivity contribution in [2.45, 2.75) is 64.9 Å². The van der Waals surface area contributed by atoms with Crippen LogP contribution in [0.5, 0.6) is 5.75 Å². The van der Waals surface area contributed by atoms with Gasteiger partial charge in [-0.1, -0.05) is 12.1 Å². The summed E-state index contributed by atoms with van der Waals surface area (Å²) in [7, 11) is 0. The Morgan fingerprint density at radius 3 is 2.51 bits per heavy atom. The van der Waals surface area contributed by atoms with Crippen LogP contribution in [0.1, 0.15) is 65.9 Å². The molecule has 288 valence electrons. The van der Waals surface area contributed by atoms with Crippen LogP contribution in [0, 0.1) is 18.7 Å². The summed E-state index contributed by atoms with van der Waals surface area (Å²) in [6.07, 6.45) is 6.24. The number of aromatic nitrogens is 3. The van der Waals surface area contributed by atoms with Crippen molar-refractivity contribution in [2.75, 3.05) is 56.4 Å². The predicted molar refractivity (Wildman–Crippen MR) is 205 cm³/mol. The smallest absolute Gasteiger partial charge is 0.255 e. The van der Waals surface area contributed by atoms with Crippen molar-refractivity contribution in [2.24, 2.45) is 5.92 Å². The number of amides is 3. The van der Waals surface area contributed by atoms with Crippen molar-refractivity contribution in [3.63, 3.8) is 0 Å². The van der Waals surface area contributed by atoms with E-state index in [2.05, 4.69) is 37.3 Å². The molecule has 0 aliphatic carbocycles. The number of piperidine rings is 2. The maximum Gasteiger partial charge on any atom is 0.255 e. The number of nitrogen functional groups attached to an aromatic ring is 1. The topological polar surface area (TPSA) is 142 Å². The molecule has 2 aromatic carbocycles. The number of rotatable bonds is 10. The molecule has 0 bridgehead atoms. The van der Waals surface area contributed by atoms with Crippen LogP contribution in [0.25, 0.3) is 11.1 Å². The summed E-state index contributed by atoms with van der Waals surface area (Å²) in [6, 6.07) is 13.7. The summed E-state index contributed by atoms with van der Waals surface area (Å²) in [5, 5.41) is 7.20. The van der Waals surface area contributed by atoms with Crippen molar-refractivity contribution >= 4 is 29.2 Å². The summed E-state index contributed by atoms with van der Waals surface area (Å²) in [4.78, 5) is 50.6. The molecule has 3 fully saturated rings. The molecule has 6 heterocycles. The summed E-state index contributed by atoms with van der Waals surface area (Å²) in [5.74, 6) is 0.258. The number of benzene rings is 2. The first-order valence-corrected chi connectivity index (χ1v) is 19.3. The molecule has 4 aliphatic rings. The first-order chi connectivity index (χ1) is 26.6. The van der Waals surface area contributed by atoms with Crippen LogP contribution in [-0.4, -0.2) is 99.0 Å². The number of pyridine rings is 1. The molecule has 2 aromatic heterocycles. The third-order valence-corrected chi connectivity index (χ3v) is 11.6. The standard InChI is InChI=1S/C41H48FN9O4/c1-26-35(30-20-37(39(43)44-21-30)55-27(2)29-4-3-5-32(42)18-29)24-50(46-26)25-48-16-14-47(15-17-48)22-28-10-12-49(13-11-28)33-6-7-34-31(19-33)23-51(41(34)54)36-8-9-38(52)45-40(36)53/h3-7,18-21,24,27-28,36H,8-17,22-23,25H2,1-2H3,(H2,43,44)(H,45,52,53)/t27-,36?/m1/s1. The fourth-order valence-electron chi connectivity index (χ4n) is 8.40. The van der Waals surface area contributed by atoms with E-state index in [-0.39, 0.29) is 35.8 Å². The summed E-state index contributed by atoms with van der Waals surface area (Å²) in [5.41, 5.74) is 12.3. The molecule has 3 N–H and O–H groups in total. The number of carbonyl (C=O) groups is 3. The SMILES string of the molecule is Cc1nn(CN2CCN(CC3CCN(c4ccc5c(c4)CN(C4CCC(=O)NC4=O)C5=O)CC3)CC2)cc1-c1cnc(N)c(O[C@H](C)c2cccc(F)c2)c1. The molecule has 0 saturated carbocycles. The largest absolute Gasteiger partial charge is 0.482 e. The number of nitrogens with zero attached hydrogens (tertiary/aromatic N) is 7. The second-order valence-corrected chi connectivity index (χ2v) is 15.3. The van der Waals surface area contributed by atoms with E-state index in [1.54, 1.807) is 17.2 Å². The Morgan fingerprint density at radius 1 is 0.964 bits per heavy atom. The van der Waals surface area contributed by atoms with Crippen LogP contribution >= 0.6 is 0 Å². The normalized spacial score (nSPS) is 20.5. The van der Waals surface area contributed by atoms with Gasteiger partial charge >= 0.3 is 0 Å². The molecule has 4 aliphatic heterocycles. The monoisotopic (exact) mass is 749 g/mol. The van der Waals surface area contributed by atoms with Gasteiger partial charge in [-0.15, -0.1) is 0 Å².